The van der Waals surface area contributed by atoms with Gasteiger partial charge in [-0.1, -0.05) is 57.7 Å². The van der Waals surface area contributed by atoms with Gasteiger partial charge in [-0.2, -0.15) is 0 Å². The second-order valence-electron chi connectivity index (χ2n) is 13.1. The Morgan fingerprint density at radius 3 is 2.07 bits per heavy atom. The molecule has 3 aliphatic rings. The predicted octanol–water partition coefficient (Wildman–Crippen LogP) is 5.12. The summed E-state index contributed by atoms with van der Waals surface area (Å²) >= 11 is 0. The molecule has 8 atom stereocenters. The summed E-state index contributed by atoms with van der Waals surface area (Å²) in [6, 6.07) is 9.33. The Bertz CT molecular complexity index is 1370. The van der Waals surface area contributed by atoms with Crippen LogP contribution in [0.25, 0.3) is 6.08 Å². The van der Waals surface area contributed by atoms with E-state index in [0.29, 0.717) is 24.0 Å². The highest BCUT2D eigenvalue weighted by Crippen LogP contribution is 2.60. The molecule has 2 fully saturated rings. The van der Waals surface area contributed by atoms with Gasteiger partial charge in [0.25, 0.3) is 0 Å². The molecule has 9 nitrogen and oxygen atoms in total. The Morgan fingerprint density at radius 2 is 1.48 bits per heavy atom. The van der Waals surface area contributed by atoms with Gasteiger partial charge in [0.15, 0.2) is 12.2 Å². The summed E-state index contributed by atoms with van der Waals surface area (Å²) in [6.45, 7) is 16.0. The number of carbonyl (C=O) groups excluding carboxylic acids is 4. The number of fused-ring (bicyclic) bond motifs is 3. The van der Waals surface area contributed by atoms with Crippen molar-refractivity contribution in [1.82, 2.24) is 0 Å². The van der Waals surface area contributed by atoms with E-state index < -0.39 is 71.1 Å². The first kappa shape index (κ1) is 33.2. The van der Waals surface area contributed by atoms with Crippen LogP contribution in [-0.2, 0) is 38.1 Å². The van der Waals surface area contributed by atoms with Gasteiger partial charge >= 0.3 is 23.9 Å². The third-order valence-corrected chi connectivity index (χ3v) is 9.95. The first-order valence-electron chi connectivity index (χ1n) is 15.1. The van der Waals surface area contributed by atoms with Crippen molar-refractivity contribution in [3.8, 4) is 0 Å². The van der Waals surface area contributed by atoms with E-state index in [-0.39, 0.29) is 12.3 Å². The number of aliphatic hydroxyl groups excluding tert-OH is 1. The average Bonchev–Trinajstić information content (AvgIpc) is 2.93. The van der Waals surface area contributed by atoms with Crippen LogP contribution < -0.4 is 0 Å². The first-order chi connectivity index (χ1) is 20.6. The molecule has 2 saturated carbocycles. The van der Waals surface area contributed by atoms with E-state index in [0.717, 1.165) is 11.1 Å². The van der Waals surface area contributed by atoms with Crippen molar-refractivity contribution in [3.63, 3.8) is 0 Å². The molecular weight excluding hydrogens is 564 g/mol. The maximum atomic E-state index is 12.9. The van der Waals surface area contributed by atoms with Gasteiger partial charge in [0, 0.05) is 38.7 Å². The first-order valence-corrected chi connectivity index (χ1v) is 15.1. The molecule has 44 heavy (non-hydrogen) atoms. The lowest BCUT2D eigenvalue weighted by Crippen LogP contribution is -2.64. The van der Waals surface area contributed by atoms with Crippen LogP contribution in [0.3, 0.4) is 0 Å². The van der Waals surface area contributed by atoms with Crippen molar-refractivity contribution in [2.24, 2.45) is 22.7 Å². The van der Waals surface area contributed by atoms with Crippen molar-refractivity contribution < 1.29 is 43.2 Å². The average molecular weight is 609 g/mol. The van der Waals surface area contributed by atoms with Gasteiger partial charge in [0.1, 0.15) is 12.2 Å². The molecule has 9 heteroatoms. The second-order valence-corrected chi connectivity index (χ2v) is 13.1. The van der Waals surface area contributed by atoms with E-state index in [9.17, 15) is 24.3 Å². The van der Waals surface area contributed by atoms with Gasteiger partial charge in [-0.05, 0) is 65.4 Å². The standard InChI is InChI=1S/C35H44O9/c1-19-26-16-25-17-27(41-21(3)36)20(2)31(34(25,6)7)32(42-22(4)37)33(43-23(5)38)35(26,8)29(39)18-28(19)44-30(40)15-14-24-12-10-9-11-13-24/h9-15,25-29,32-33,39H,1,16-18H2,2-8H3/b15-14+/t25?,26-,27+,28+,29+,32-,33+,35+/m1/s1. The summed E-state index contributed by atoms with van der Waals surface area (Å²) in [7, 11) is 0. The van der Waals surface area contributed by atoms with Crippen molar-refractivity contribution in [1.29, 1.82) is 0 Å². The summed E-state index contributed by atoms with van der Waals surface area (Å²) in [5, 5.41) is 11.9. The van der Waals surface area contributed by atoms with E-state index in [1.165, 1.54) is 26.8 Å². The predicted molar refractivity (Wildman–Crippen MR) is 163 cm³/mol. The number of hydrogen-bond donors (Lipinski definition) is 1. The zero-order valence-corrected chi connectivity index (χ0v) is 26.6. The lowest BCUT2D eigenvalue weighted by Gasteiger charge is -2.59. The number of rotatable bonds is 6. The van der Waals surface area contributed by atoms with Gasteiger partial charge in [-0.25, -0.2) is 4.79 Å². The van der Waals surface area contributed by atoms with Gasteiger partial charge in [-0.3, -0.25) is 14.4 Å². The second kappa shape index (κ2) is 12.7. The normalized spacial score (nSPS) is 33.0. The zero-order chi connectivity index (χ0) is 32.6. The maximum Gasteiger partial charge on any atom is 0.331 e. The molecule has 0 aromatic heterocycles. The molecule has 1 N–H and O–H groups in total. The quantitative estimate of drug-likeness (QED) is 0.203. The SMILES string of the molecule is C=C1[C@@H](OC(=O)/C=C/c2ccccc2)C[C@H](O)[C@]2(C)[C@@H]1CC1C[C@H](OC(C)=O)C(C)=C([C@@H](OC(C)=O)[C@@H]2OC(C)=O)C1(C)C. The number of aliphatic hydroxyl groups is 1. The minimum atomic E-state index is -1.17. The number of hydrogen-bond acceptors (Lipinski definition) is 9. The van der Waals surface area contributed by atoms with Crippen LogP contribution in [0.1, 0.15) is 73.3 Å². The van der Waals surface area contributed by atoms with Crippen molar-refractivity contribution in [2.45, 2.75) is 98.2 Å². The van der Waals surface area contributed by atoms with Gasteiger partial charge < -0.3 is 24.1 Å². The highest BCUT2D eigenvalue weighted by atomic mass is 16.6. The van der Waals surface area contributed by atoms with E-state index in [4.69, 9.17) is 18.9 Å². The Morgan fingerprint density at radius 1 is 0.864 bits per heavy atom. The van der Waals surface area contributed by atoms with Crippen LogP contribution in [-0.4, -0.2) is 59.5 Å². The molecule has 0 amide bonds. The topological polar surface area (TPSA) is 125 Å². The van der Waals surface area contributed by atoms with Crippen LogP contribution in [0, 0.1) is 22.7 Å². The van der Waals surface area contributed by atoms with Gasteiger partial charge in [0.05, 0.1) is 6.10 Å². The summed E-state index contributed by atoms with van der Waals surface area (Å²) in [4.78, 5) is 50.3. The lowest BCUT2D eigenvalue weighted by molar-refractivity contribution is -0.204. The molecule has 0 aliphatic heterocycles. The molecule has 0 radical (unpaired) electrons. The number of ether oxygens (including phenoxy) is 4. The fourth-order valence-corrected chi connectivity index (χ4v) is 7.67. The van der Waals surface area contributed by atoms with Crippen LogP contribution in [0.5, 0.6) is 0 Å². The van der Waals surface area contributed by atoms with E-state index in [2.05, 4.69) is 6.58 Å². The van der Waals surface area contributed by atoms with Crippen molar-refractivity contribution in [3.05, 3.63) is 65.3 Å². The Kier molecular flexibility index (Phi) is 9.59. The van der Waals surface area contributed by atoms with Crippen LogP contribution in [0.2, 0.25) is 0 Å². The smallest absolute Gasteiger partial charge is 0.331 e. The van der Waals surface area contributed by atoms with Crippen LogP contribution in [0.4, 0.5) is 0 Å². The van der Waals surface area contributed by atoms with Crippen molar-refractivity contribution in [2.75, 3.05) is 0 Å². The Balaban J connectivity index is 1.81. The zero-order valence-electron chi connectivity index (χ0n) is 26.6. The largest absolute Gasteiger partial charge is 0.458 e. The molecule has 0 spiro atoms. The molecule has 0 heterocycles. The number of esters is 4. The van der Waals surface area contributed by atoms with E-state index >= 15 is 0 Å². The molecule has 0 saturated heterocycles. The molecule has 2 bridgehead atoms. The van der Waals surface area contributed by atoms with Gasteiger partial charge in [-0.15, -0.1) is 0 Å². The van der Waals surface area contributed by atoms with Crippen LogP contribution in [0.15, 0.2) is 59.7 Å². The summed E-state index contributed by atoms with van der Waals surface area (Å²) < 4.78 is 23.6. The number of benzene rings is 1. The lowest BCUT2D eigenvalue weighted by atomic mass is 9.49. The molecule has 1 aromatic carbocycles. The summed E-state index contributed by atoms with van der Waals surface area (Å²) in [6.07, 6.45) is -0.736. The fourth-order valence-electron chi connectivity index (χ4n) is 7.67. The monoisotopic (exact) mass is 608 g/mol. The van der Waals surface area contributed by atoms with Crippen molar-refractivity contribution >= 4 is 30.0 Å². The molecule has 238 valence electrons. The van der Waals surface area contributed by atoms with Gasteiger partial charge in [0.2, 0.25) is 0 Å². The molecule has 1 aromatic rings. The third-order valence-electron chi connectivity index (χ3n) is 9.95. The van der Waals surface area contributed by atoms with Crippen LogP contribution >= 0.6 is 0 Å². The highest BCUT2D eigenvalue weighted by Gasteiger charge is 2.63. The number of carbonyl (C=O) groups is 4. The third kappa shape index (κ3) is 6.39. The summed E-state index contributed by atoms with van der Waals surface area (Å²) in [5.74, 6) is -2.86. The Hall–Kier alpha value is -3.72. The molecular formula is C35H44O9. The molecule has 4 rings (SSSR count). The van der Waals surface area contributed by atoms with E-state index in [1.54, 1.807) is 6.08 Å². The molecule has 3 aliphatic carbocycles. The molecule has 1 unspecified atom stereocenters. The maximum absolute atomic E-state index is 12.9. The Labute approximate surface area is 259 Å². The summed E-state index contributed by atoms with van der Waals surface area (Å²) in [5.41, 5.74) is 1.09. The van der Waals surface area contributed by atoms with E-state index in [1.807, 2.05) is 58.0 Å². The minimum absolute atomic E-state index is 0.0173. The fraction of sp³-hybridized carbons (Fsp3) is 0.543. The minimum Gasteiger partial charge on any atom is -0.458 e. The highest BCUT2D eigenvalue weighted by molar-refractivity contribution is 5.87.